The Morgan fingerprint density at radius 2 is 1.47 bits per heavy atom. The van der Waals surface area contributed by atoms with Gasteiger partial charge in [-0.05, 0) is 61.6 Å². The molecular formula is C15H16FN. The lowest BCUT2D eigenvalue weighted by atomic mass is 9.57. The average molecular weight is 229 g/mol. The lowest BCUT2D eigenvalue weighted by Gasteiger charge is -2.50. The number of benzene rings is 1. The summed E-state index contributed by atoms with van der Waals surface area (Å²) in [6.45, 7) is 0. The van der Waals surface area contributed by atoms with Crippen LogP contribution in [0.5, 0.6) is 0 Å². The van der Waals surface area contributed by atoms with Crippen molar-refractivity contribution in [2.24, 2.45) is 0 Å². The summed E-state index contributed by atoms with van der Waals surface area (Å²) < 4.78 is 14.1. The fourth-order valence-electron chi connectivity index (χ4n) is 3.47. The number of nitriles is 1. The van der Waals surface area contributed by atoms with Crippen molar-refractivity contribution < 1.29 is 4.39 Å². The van der Waals surface area contributed by atoms with Crippen molar-refractivity contribution in [3.05, 3.63) is 35.4 Å². The van der Waals surface area contributed by atoms with Gasteiger partial charge in [-0.25, -0.2) is 4.39 Å². The molecule has 3 saturated carbocycles. The van der Waals surface area contributed by atoms with Gasteiger partial charge in [0.2, 0.25) is 0 Å². The van der Waals surface area contributed by atoms with Gasteiger partial charge < -0.3 is 0 Å². The van der Waals surface area contributed by atoms with Crippen LogP contribution in [-0.4, -0.2) is 5.67 Å². The lowest BCUT2D eigenvalue weighted by Crippen LogP contribution is -2.45. The fourth-order valence-corrected chi connectivity index (χ4v) is 3.47. The van der Waals surface area contributed by atoms with Gasteiger partial charge >= 0.3 is 0 Å². The molecule has 2 heteroatoms. The van der Waals surface area contributed by atoms with Gasteiger partial charge in [0.1, 0.15) is 5.67 Å². The van der Waals surface area contributed by atoms with Crippen molar-refractivity contribution in [2.45, 2.75) is 49.6 Å². The number of halogens is 1. The molecule has 0 aromatic heterocycles. The minimum absolute atomic E-state index is 0.196. The second kappa shape index (κ2) is 3.57. The molecule has 17 heavy (non-hydrogen) atoms. The molecule has 1 aromatic carbocycles. The Bertz CT molecular complexity index is 444. The number of rotatable bonds is 1. The highest BCUT2D eigenvalue weighted by molar-refractivity contribution is 5.36. The van der Waals surface area contributed by atoms with Crippen LogP contribution < -0.4 is 0 Å². The molecule has 2 bridgehead atoms. The van der Waals surface area contributed by atoms with Crippen LogP contribution in [0.4, 0.5) is 4.39 Å². The standard InChI is InChI=1S/C15H16FN/c16-15-8-5-14(6-9-15,7-10-15)13-3-1-12(11-17)2-4-13/h1-4H,5-10H2. The molecule has 1 aromatic rings. The maximum absolute atomic E-state index is 14.1. The van der Waals surface area contributed by atoms with Gasteiger partial charge in [-0.2, -0.15) is 5.26 Å². The van der Waals surface area contributed by atoms with Crippen LogP contribution in [-0.2, 0) is 5.41 Å². The number of alkyl halides is 1. The minimum atomic E-state index is -0.867. The molecule has 0 amide bonds. The monoisotopic (exact) mass is 229 g/mol. The average Bonchev–Trinajstić information content (AvgIpc) is 2.40. The first kappa shape index (κ1) is 10.8. The Morgan fingerprint density at radius 1 is 0.941 bits per heavy atom. The molecule has 0 unspecified atom stereocenters. The molecule has 1 nitrogen and oxygen atoms in total. The van der Waals surface area contributed by atoms with Crippen LogP contribution in [0, 0.1) is 11.3 Å². The first-order chi connectivity index (χ1) is 8.16. The molecule has 0 aliphatic heterocycles. The summed E-state index contributed by atoms with van der Waals surface area (Å²) in [6, 6.07) is 10.0. The van der Waals surface area contributed by atoms with Crippen molar-refractivity contribution in [1.29, 1.82) is 5.26 Å². The lowest BCUT2D eigenvalue weighted by molar-refractivity contribution is 0.00351. The van der Waals surface area contributed by atoms with Gasteiger partial charge in [-0.15, -0.1) is 0 Å². The van der Waals surface area contributed by atoms with Crippen molar-refractivity contribution in [3.63, 3.8) is 0 Å². The second-order valence-electron chi connectivity index (χ2n) is 5.62. The number of fused-ring (bicyclic) bond motifs is 3. The molecule has 3 aliphatic rings. The molecule has 0 saturated heterocycles. The molecular weight excluding hydrogens is 213 g/mol. The number of hydrogen-bond donors (Lipinski definition) is 0. The van der Waals surface area contributed by atoms with E-state index in [9.17, 15) is 4.39 Å². The van der Waals surface area contributed by atoms with E-state index in [-0.39, 0.29) is 5.41 Å². The Kier molecular flexibility index (Phi) is 2.26. The van der Waals surface area contributed by atoms with Gasteiger partial charge in [0.05, 0.1) is 11.6 Å². The van der Waals surface area contributed by atoms with E-state index in [2.05, 4.69) is 18.2 Å². The SMILES string of the molecule is N#Cc1ccc(C23CCC(F)(CC2)CC3)cc1. The van der Waals surface area contributed by atoms with Crippen molar-refractivity contribution in [1.82, 2.24) is 0 Å². The molecule has 0 atom stereocenters. The highest BCUT2D eigenvalue weighted by Crippen LogP contribution is 2.55. The zero-order chi connectivity index (χ0) is 11.9. The Balaban J connectivity index is 1.91. The summed E-state index contributed by atoms with van der Waals surface area (Å²) in [4.78, 5) is 0. The van der Waals surface area contributed by atoms with E-state index < -0.39 is 5.67 Å². The largest absolute Gasteiger partial charge is 0.244 e. The zero-order valence-electron chi connectivity index (χ0n) is 9.88. The van der Waals surface area contributed by atoms with Gasteiger partial charge in [0.25, 0.3) is 0 Å². The molecule has 3 fully saturated rings. The summed E-state index contributed by atoms with van der Waals surface area (Å²) in [7, 11) is 0. The predicted molar refractivity (Wildman–Crippen MR) is 64.4 cm³/mol. The maximum atomic E-state index is 14.1. The highest BCUT2D eigenvalue weighted by atomic mass is 19.1. The summed E-state index contributed by atoms with van der Waals surface area (Å²) in [5.41, 5.74) is 1.34. The van der Waals surface area contributed by atoms with E-state index in [0.29, 0.717) is 24.8 Å². The van der Waals surface area contributed by atoms with Gasteiger partial charge in [0, 0.05) is 0 Å². The van der Waals surface area contributed by atoms with E-state index in [0.717, 1.165) is 19.3 Å². The Morgan fingerprint density at radius 3 is 1.94 bits per heavy atom. The van der Waals surface area contributed by atoms with Gasteiger partial charge in [-0.1, -0.05) is 12.1 Å². The molecule has 0 heterocycles. The Labute approximate surface area is 101 Å². The third-order valence-electron chi connectivity index (χ3n) is 4.78. The first-order valence-electron chi connectivity index (χ1n) is 6.36. The van der Waals surface area contributed by atoms with E-state index in [1.165, 1.54) is 5.56 Å². The maximum Gasteiger partial charge on any atom is 0.111 e. The van der Waals surface area contributed by atoms with E-state index >= 15 is 0 Å². The van der Waals surface area contributed by atoms with E-state index in [4.69, 9.17) is 5.26 Å². The number of nitrogens with zero attached hydrogens (tertiary/aromatic N) is 1. The van der Waals surface area contributed by atoms with Crippen molar-refractivity contribution in [2.75, 3.05) is 0 Å². The molecule has 0 N–H and O–H groups in total. The van der Waals surface area contributed by atoms with Crippen LogP contribution >= 0.6 is 0 Å². The molecule has 3 aliphatic carbocycles. The molecule has 88 valence electrons. The van der Waals surface area contributed by atoms with Crippen molar-refractivity contribution >= 4 is 0 Å². The molecule has 0 radical (unpaired) electrons. The summed E-state index contributed by atoms with van der Waals surface area (Å²) in [5.74, 6) is 0. The summed E-state index contributed by atoms with van der Waals surface area (Å²) >= 11 is 0. The second-order valence-corrected chi connectivity index (χ2v) is 5.62. The topological polar surface area (TPSA) is 23.8 Å². The van der Waals surface area contributed by atoms with Gasteiger partial charge in [-0.3, -0.25) is 0 Å². The summed E-state index contributed by atoms with van der Waals surface area (Å²) in [5, 5.41) is 8.80. The fraction of sp³-hybridized carbons (Fsp3) is 0.533. The van der Waals surface area contributed by atoms with Gasteiger partial charge in [0.15, 0.2) is 0 Å². The van der Waals surface area contributed by atoms with Crippen LogP contribution in [0.15, 0.2) is 24.3 Å². The van der Waals surface area contributed by atoms with Crippen LogP contribution in [0.25, 0.3) is 0 Å². The minimum Gasteiger partial charge on any atom is -0.244 e. The molecule has 4 rings (SSSR count). The van der Waals surface area contributed by atoms with Crippen molar-refractivity contribution in [3.8, 4) is 6.07 Å². The van der Waals surface area contributed by atoms with Crippen LogP contribution in [0.1, 0.15) is 49.7 Å². The summed E-state index contributed by atoms with van der Waals surface area (Å²) in [6.07, 6.45) is 5.05. The third-order valence-corrected chi connectivity index (χ3v) is 4.78. The highest BCUT2D eigenvalue weighted by Gasteiger charge is 2.49. The smallest absolute Gasteiger partial charge is 0.111 e. The first-order valence-corrected chi connectivity index (χ1v) is 6.36. The van der Waals surface area contributed by atoms with E-state index in [1.54, 1.807) is 0 Å². The molecule has 0 spiro atoms. The number of hydrogen-bond acceptors (Lipinski definition) is 1. The quantitative estimate of drug-likeness (QED) is 0.717. The third kappa shape index (κ3) is 1.65. The zero-order valence-corrected chi connectivity index (χ0v) is 9.88. The predicted octanol–water partition coefficient (Wildman–Crippen LogP) is 3.87. The van der Waals surface area contributed by atoms with Crippen LogP contribution in [0.2, 0.25) is 0 Å². The van der Waals surface area contributed by atoms with E-state index in [1.807, 2.05) is 12.1 Å². The van der Waals surface area contributed by atoms with Crippen LogP contribution in [0.3, 0.4) is 0 Å². The normalized spacial score (nSPS) is 35.5. The Hall–Kier alpha value is -1.36.